The average molecular weight is 499 g/mol. The van der Waals surface area contributed by atoms with E-state index in [1.807, 2.05) is 78.9 Å². The van der Waals surface area contributed by atoms with Crippen LogP contribution in [0.3, 0.4) is 0 Å². The minimum Gasteiger partial charge on any atom is -0.354 e. The van der Waals surface area contributed by atoms with E-state index in [1.54, 1.807) is 7.05 Å². The topological polar surface area (TPSA) is 79.8 Å². The minimum absolute atomic E-state index is 0.0533. The fourth-order valence-electron chi connectivity index (χ4n) is 5.08. The molecule has 38 heavy (non-hydrogen) atoms. The molecule has 2 aromatic heterocycles. The van der Waals surface area contributed by atoms with Gasteiger partial charge in [-0.15, -0.1) is 0 Å². The Balaban J connectivity index is 1.49. The number of amides is 1. The standard InChI is InChI=1S/C32H26N4O2/c1-3-20-15-10-16-25-24-18-17-23(19-26(24)34-29(20)25)33-31(37)28-27(21-11-6-4-7-12-21)30(35-36(2)32(28)38)22-13-8-5-9-14-22/h4-19,34H,3H2,1-2H3,(H,33,37). The maximum atomic E-state index is 13.8. The summed E-state index contributed by atoms with van der Waals surface area (Å²) >= 11 is 0. The highest BCUT2D eigenvalue weighted by Crippen LogP contribution is 2.33. The lowest BCUT2D eigenvalue weighted by Gasteiger charge is -2.16. The molecule has 6 aromatic rings. The zero-order valence-corrected chi connectivity index (χ0v) is 21.2. The SMILES string of the molecule is CCc1cccc2c1[nH]c1cc(NC(=O)c3c(-c4ccccc4)c(-c4ccccc4)nn(C)c3=O)ccc12. The van der Waals surface area contributed by atoms with Gasteiger partial charge in [0.15, 0.2) is 0 Å². The number of hydrogen-bond donors (Lipinski definition) is 2. The Kier molecular flexibility index (Phi) is 5.85. The molecule has 0 fully saturated rings. The number of fused-ring (bicyclic) bond motifs is 3. The maximum Gasteiger partial charge on any atom is 0.280 e. The second-order valence-corrected chi connectivity index (χ2v) is 9.29. The summed E-state index contributed by atoms with van der Waals surface area (Å²) in [5.41, 5.74) is 6.13. The van der Waals surface area contributed by atoms with Gasteiger partial charge in [-0.2, -0.15) is 5.10 Å². The van der Waals surface area contributed by atoms with Crippen molar-refractivity contribution in [2.75, 3.05) is 5.32 Å². The van der Waals surface area contributed by atoms with Gasteiger partial charge in [-0.05, 0) is 29.7 Å². The Labute approximate surface area is 219 Å². The molecule has 6 rings (SSSR count). The van der Waals surface area contributed by atoms with E-state index in [0.29, 0.717) is 16.9 Å². The van der Waals surface area contributed by atoms with Crippen LogP contribution in [0.25, 0.3) is 44.2 Å². The molecular weight excluding hydrogens is 472 g/mol. The number of nitrogens with zero attached hydrogens (tertiary/aromatic N) is 2. The molecule has 186 valence electrons. The molecule has 0 bridgehead atoms. The number of aromatic nitrogens is 3. The average Bonchev–Trinajstić information content (AvgIpc) is 3.33. The summed E-state index contributed by atoms with van der Waals surface area (Å²) in [7, 11) is 1.57. The molecule has 4 aromatic carbocycles. The fraction of sp³-hybridized carbons (Fsp3) is 0.0938. The molecule has 2 N–H and O–H groups in total. The summed E-state index contributed by atoms with van der Waals surface area (Å²) in [4.78, 5) is 30.7. The van der Waals surface area contributed by atoms with Gasteiger partial charge in [-0.1, -0.05) is 91.9 Å². The van der Waals surface area contributed by atoms with Crippen LogP contribution in [-0.4, -0.2) is 20.7 Å². The van der Waals surface area contributed by atoms with Gasteiger partial charge in [0, 0.05) is 45.7 Å². The molecule has 0 radical (unpaired) electrons. The zero-order chi connectivity index (χ0) is 26.2. The number of nitrogens with one attached hydrogen (secondary N) is 2. The van der Waals surface area contributed by atoms with Crippen LogP contribution in [0.2, 0.25) is 0 Å². The number of hydrogen-bond acceptors (Lipinski definition) is 3. The van der Waals surface area contributed by atoms with E-state index in [0.717, 1.165) is 39.4 Å². The van der Waals surface area contributed by atoms with Gasteiger partial charge in [0.05, 0.1) is 5.69 Å². The smallest absolute Gasteiger partial charge is 0.280 e. The van der Waals surface area contributed by atoms with Crippen molar-refractivity contribution in [3.8, 4) is 22.4 Å². The first-order chi connectivity index (χ1) is 18.5. The third kappa shape index (κ3) is 3.96. The van der Waals surface area contributed by atoms with Gasteiger partial charge in [0.25, 0.3) is 11.5 Å². The first-order valence-corrected chi connectivity index (χ1v) is 12.6. The number of benzene rings is 4. The number of anilines is 1. The monoisotopic (exact) mass is 498 g/mol. The van der Waals surface area contributed by atoms with Crippen molar-refractivity contribution in [3.63, 3.8) is 0 Å². The zero-order valence-electron chi connectivity index (χ0n) is 21.2. The van der Waals surface area contributed by atoms with E-state index in [2.05, 4.69) is 40.5 Å². The molecule has 0 aliphatic rings. The predicted molar refractivity (Wildman–Crippen MR) is 153 cm³/mol. The number of carbonyl (C=O) groups is 1. The summed E-state index contributed by atoms with van der Waals surface area (Å²) in [5, 5.41) is 9.79. The Morgan fingerprint density at radius 2 is 1.58 bits per heavy atom. The number of carbonyl (C=O) groups excluding carboxylic acids is 1. The lowest BCUT2D eigenvalue weighted by molar-refractivity contribution is 0.102. The maximum absolute atomic E-state index is 13.8. The van der Waals surface area contributed by atoms with Crippen molar-refractivity contribution in [1.29, 1.82) is 0 Å². The number of rotatable bonds is 5. The van der Waals surface area contributed by atoms with Crippen LogP contribution in [-0.2, 0) is 13.5 Å². The number of para-hydroxylation sites is 1. The lowest BCUT2D eigenvalue weighted by atomic mass is 9.95. The van der Waals surface area contributed by atoms with Crippen LogP contribution in [0.5, 0.6) is 0 Å². The van der Waals surface area contributed by atoms with Gasteiger partial charge in [-0.3, -0.25) is 9.59 Å². The highest BCUT2D eigenvalue weighted by atomic mass is 16.2. The van der Waals surface area contributed by atoms with Crippen molar-refractivity contribution in [1.82, 2.24) is 14.8 Å². The first kappa shape index (κ1) is 23.4. The molecule has 0 aliphatic heterocycles. The summed E-state index contributed by atoms with van der Waals surface area (Å²) in [6.07, 6.45) is 0.922. The summed E-state index contributed by atoms with van der Waals surface area (Å²) in [6, 6.07) is 31.1. The summed E-state index contributed by atoms with van der Waals surface area (Å²) in [5.74, 6) is -0.478. The van der Waals surface area contributed by atoms with E-state index in [4.69, 9.17) is 0 Å². The molecule has 0 unspecified atom stereocenters. The molecule has 0 saturated heterocycles. The van der Waals surface area contributed by atoms with Crippen LogP contribution < -0.4 is 10.9 Å². The minimum atomic E-state index is -0.478. The normalized spacial score (nSPS) is 11.2. The molecule has 0 atom stereocenters. The van der Waals surface area contributed by atoms with Gasteiger partial charge >= 0.3 is 0 Å². The molecular formula is C32H26N4O2. The third-order valence-electron chi connectivity index (χ3n) is 6.94. The molecule has 6 nitrogen and oxygen atoms in total. The molecule has 1 amide bonds. The fourth-order valence-corrected chi connectivity index (χ4v) is 5.08. The predicted octanol–water partition coefficient (Wildman–Crippen LogP) is 6.56. The van der Waals surface area contributed by atoms with Crippen molar-refractivity contribution < 1.29 is 4.79 Å². The van der Waals surface area contributed by atoms with Crippen LogP contribution in [0.15, 0.2) is 102 Å². The Hall–Kier alpha value is -4.97. The van der Waals surface area contributed by atoms with Crippen LogP contribution in [0.4, 0.5) is 5.69 Å². The quantitative estimate of drug-likeness (QED) is 0.282. The number of H-pyrrole nitrogens is 1. The lowest BCUT2D eigenvalue weighted by Crippen LogP contribution is -2.31. The Bertz CT molecular complexity index is 1870. The van der Waals surface area contributed by atoms with Crippen molar-refractivity contribution in [2.45, 2.75) is 13.3 Å². The van der Waals surface area contributed by atoms with E-state index in [1.165, 1.54) is 10.2 Å². The Morgan fingerprint density at radius 1 is 0.868 bits per heavy atom. The third-order valence-corrected chi connectivity index (χ3v) is 6.94. The van der Waals surface area contributed by atoms with Crippen molar-refractivity contribution in [2.24, 2.45) is 7.05 Å². The van der Waals surface area contributed by atoms with E-state index in [9.17, 15) is 9.59 Å². The van der Waals surface area contributed by atoms with E-state index in [-0.39, 0.29) is 5.56 Å². The molecule has 6 heteroatoms. The van der Waals surface area contributed by atoms with Gasteiger partial charge in [-0.25, -0.2) is 4.68 Å². The second kappa shape index (κ2) is 9.48. The van der Waals surface area contributed by atoms with E-state index < -0.39 is 11.5 Å². The van der Waals surface area contributed by atoms with Crippen LogP contribution >= 0.6 is 0 Å². The van der Waals surface area contributed by atoms with Crippen molar-refractivity contribution >= 4 is 33.4 Å². The highest BCUT2D eigenvalue weighted by molar-refractivity contribution is 6.13. The van der Waals surface area contributed by atoms with Gasteiger partial charge in [0.1, 0.15) is 5.56 Å². The Morgan fingerprint density at radius 3 is 2.29 bits per heavy atom. The van der Waals surface area contributed by atoms with Gasteiger partial charge in [0.2, 0.25) is 0 Å². The molecule has 0 aliphatic carbocycles. The molecule has 0 spiro atoms. The summed E-state index contributed by atoms with van der Waals surface area (Å²) in [6.45, 7) is 2.13. The van der Waals surface area contributed by atoms with Crippen molar-refractivity contribution in [3.05, 3.63) is 119 Å². The number of aromatic amines is 1. The highest BCUT2D eigenvalue weighted by Gasteiger charge is 2.24. The second-order valence-electron chi connectivity index (χ2n) is 9.29. The van der Waals surface area contributed by atoms with E-state index >= 15 is 0 Å². The van der Waals surface area contributed by atoms with Crippen LogP contribution in [0.1, 0.15) is 22.8 Å². The molecule has 2 heterocycles. The van der Waals surface area contributed by atoms with Crippen LogP contribution in [0, 0.1) is 0 Å². The number of aryl methyl sites for hydroxylation is 2. The van der Waals surface area contributed by atoms with Gasteiger partial charge < -0.3 is 10.3 Å². The molecule has 0 saturated carbocycles. The summed E-state index contributed by atoms with van der Waals surface area (Å²) < 4.78 is 1.23. The first-order valence-electron chi connectivity index (χ1n) is 12.6. The largest absolute Gasteiger partial charge is 0.354 e.